The molecular weight excluding hydrogens is 255 g/mol. The van der Waals surface area contributed by atoms with Crippen LogP contribution in [0, 0.1) is 5.82 Å². The first kappa shape index (κ1) is 12.7. The van der Waals surface area contributed by atoms with E-state index in [1.54, 1.807) is 6.07 Å². The van der Waals surface area contributed by atoms with Crippen molar-refractivity contribution in [3.63, 3.8) is 0 Å². The maximum Gasteiger partial charge on any atom is 0.319 e. The van der Waals surface area contributed by atoms with Gasteiger partial charge in [-0.25, -0.2) is 9.18 Å². The van der Waals surface area contributed by atoms with Crippen LogP contribution >= 0.6 is 0 Å². The summed E-state index contributed by atoms with van der Waals surface area (Å²) in [6, 6.07) is 15.4. The van der Waals surface area contributed by atoms with Crippen molar-refractivity contribution in [1.82, 2.24) is 5.32 Å². The smallest absolute Gasteiger partial charge is 0.319 e. The summed E-state index contributed by atoms with van der Waals surface area (Å²) in [5.74, 6) is -0.279. The van der Waals surface area contributed by atoms with E-state index in [-0.39, 0.29) is 11.8 Å². The van der Waals surface area contributed by atoms with Gasteiger partial charge in [0, 0.05) is 5.69 Å². The molecule has 20 heavy (non-hydrogen) atoms. The Labute approximate surface area is 116 Å². The van der Waals surface area contributed by atoms with Gasteiger partial charge in [-0.2, -0.15) is 0 Å². The van der Waals surface area contributed by atoms with E-state index in [2.05, 4.69) is 10.6 Å². The van der Waals surface area contributed by atoms with Crippen molar-refractivity contribution in [1.29, 1.82) is 0 Å². The van der Waals surface area contributed by atoms with Gasteiger partial charge in [0.25, 0.3) is 0 Å². The summed E-state index contributed by atoms with van der Waals surface area (Å²) >= 11 is 0. The van der Waals surface area contributed by atoms with Gasteiger partial charge in [-0.05, 0) is 42.7 Å². The van der Waals surface area contributed by atoms with Crippen LogP contribution in [0.4, 0.5) is 14.9 Å². The van der Waals surface area contributed by atoms with E-state index in [9.17, 15) is 9.18 Å². The molecule has 2 aromatic carbocycles. The van der Waals surface area contributed by atoms with Crippen LogP contribution in [0.25, 0.3) is 0 Å². The van der Waals surface area contributed by atoms with Gasteiger partial charge >= 0.3 is 6.03 Å². The zero-order chi connectivity index (χ0) is 14.0. The fourth-order valence-corrected chi connectivity index (χ4v) is 2.30. The number of para-hydroxylation sites is 1. The van der Waals surface area contributed by atoms with Gasteiger partial charge in [0.15, 0.2) is 0 Å². The van der Waals surface area contributed by atoms with Gasteiger partial charge in [-0.3, -0.25) is 0 Å². The zero-order valence-electron chi connectivity index (χ0n) is 10.9. The van der Waals surface area contributed by atoms with Crippen molar-refractivity contribution in [2.75, 3.05) is 5.32 Å². The van der Waals surface area contributed by atoms with Crippen molar-refractivity contribution >= 4 is 11.7 Å². The van der Waals surface area contributed by atoms with E-state index in [1.807, 2.05) is 36.4 Å². The lowest BCUT2D eigenvalue weighted by molar-refractivity contribution is 0.247. The Bertz CT molecular complexity index is 623. The van der Waals surface area contributed by atoms with Crippen LogP contribution in [0.15, 0.2) is 54.6 Å². The van der Waals surface area contributed by atoms with Gasteiger partial charge in [-0.1, -0.05) is 30.3 Å². The van der Waals surface area contributed by atoms with Crippen molar-refractivity contribution in [3.8, 4) is 0 Å². The van der Waals surface area contributed by atoms with E-state index in [0.717, 1.165) is 24.1 Å². The van der Waals surface area contributed by atoms with E-state index < -0.39 is 5.54 Å². The van der Waals surface area contributed by atoms with Crippen LogP contribution in [0.1, 0.15) is 18.4 Å². The highest BCUT2D eigenvalue weighted by Crippen LogP contribution is 2.45. The van der Waals surface area contributed by atoms with Crippen LogP contribution < -0.4 is 10.6 Å². The average Bonchev–Trinajstić information content (AvgIpc) is 3.20. The molecule has 0 heterocycles. The summed E-state index contributed by atoms with van der Waals surface area (Å²) in [5, 5.41) is 5.72. The molecule has 0 atom stereocenters. The molecule has 1 aliphatic rings. The molecule has 1 saturated carbocycles. The van der Waals surface area contributed by atoms with E-state index in [0.29, 0.717) is 0 Å². The Morgan fingerprint density at radius 2 is 1.80 bits per heavy atom. The number of rotatable bonds is 3. The molecule has 2 N–H and O–H groups in total. The number of carbonyl (C=O) groups excluding carboxylic acids is 1. The third kappa shape index (κ3) is 2.64. The molecule has 3 nitrogen and oxygen atoms in total. The molecule has 1 fully saturated rings. The summed E-state index contributed by atoms with van der Waals surface area (Å²) in [6.45, 7) is 0. The maximum absolute atomic E-state index is 13.3. The molecule has 1 aliphatic carbocycles. The highest BCUT2D eigenvalue weighted by molar-refractivity contribution is 5.90. The van der Waals surface area contributed by atoms with Crippen molar-refractivity contribution < 1.29 is 9.18 Å². The largest absolute Gasteiger partial charge is 0.328 e. The Morgan fingerprint density at radius 3 is 2.45 bits per heavy atom. The number of urea groups is 1. The van der Waals surface area contributed by atoms with Gasteiger partial charge in [0.05, 0.1) is 5.54 Å². The van der Waals surface area contributed by atoms with Crippen LogP contribution in [-0.4, -0.2) is 6.03 Å². The molecule has 0 bridgehead atoms. The number of nitrogens with one attached hydrogen (secondary N) is 2. The summed E-state index contributed by atoms with van der Waals surface area (Å²) in [5.41, 5.74) is 1.14. The first-order valence-corrected chi connectivity index (χ1v) is 6.58. The summed E-state index contributed by atoms with van der Waals surface area (Å²) in [7, 11) is 0. The average molecular weight is 270 g/mol. The zero-order valence-corrected chi connectivity index (χ0v) is 10.9. The van der Waals surface area contributed by atoms with E-state index in [1.165, 1.54) is 12.1 Å². The third-order valence-corrected chi connectivity index (χ3v) is 3.51. The third-order valence-electron chi connectivity index (χ3n) is 3.51. The Morgan fingerprint density at radius 1 is 1.05 bits per heavy atom. The standard InChI is InChI=1S/C16H15FN2O/c17-13-6-4-5-12(11-13)16(9-10-16)19-15(20)18-14-7-2-1-3-8-14/h1-8,11H,9-10H2,(H2,18,19,20). The van der Waals surface area contributed by atoms with Crippen molar-refractivity contribution in [3.05, 3.63) is 66.0 Å². The minimum atomic E-state index is -0.416. The van der Waals surface area contributed by atoms with Gasteiger partial charge in [0.1, 0.15) is 5.82 Å². The first-order valence-electron chi connectivity index (χ1n) is 6.58. The van der Waals surface area contributed by atoms with Gasteiger partial charge < -0.3 is 10.6 Å². The predicted molar refractivity (Wildman–Crippen MR) is 75.9 cm³/mol. The fourth-order valence-electron chi connectivity index (χ4n) is 2.30. The second kappa shape index (κ2) is 4.96. The maximum atomic E-state index is 13.3. The lowest BCUT2D eigenvalue weighted by Gasteiger charge is -2.18. The van der Waals surface area contributed by atoms with E-state index in [4.69, 9.17) is 0 Å². The normalized spacial score (nSPS) is 15.4. The van der Waals surface area contributed by atoms with Gasteiger partial charge in [-0.15, -0.1) is 0 Å². The number of anilines is 1. The topological polar surface area (TPSA) is 41.1 Å². The number of amides is 2. The first-order chi connectivity index (χ1) is 9.68. The van der Waals surface area contributed by atoms with Crippen LogP contribution in [0.2, 0.25) is 0 Å². The number of carbonyl (C=O) groups is 1. The van der Waals surface area contributed by atoms with Gasteiger partial charge in [0.2, 0.25) is 0 Å². The minimum Gasteiger partial charge on any atom is -0.328 e. The molecule has 3 rings (SSSR count). The molecule has 4 heteroatoms. The summed E-state index contributed by atoms with van der Waals surface area (Å²) < 4.78 is 13.3. The number of hydrogen-bond acceptors (Lipinski definition) is 1. The fraction of sp³-hybridized carbons (Fsp3) is 0.188. The Hall–Kier alpha value is -2.36. The lowest BCUT2D eigenvalue weighted by Crippen LogP contribution is -2.38. The van der Waals surface area contributed by atoms with Crippen LogP contribution in [0.5, 0.6) is 0 Å². The molecule has 0 unspecified atom stereocenters. The van der Waals surface area contributed by atoms with Crippen LogP contribution in [0.3, 0.4) is 0 Å². The lowest BCUT2D eigenvalue weighted by atomic mass is 10.1. The highest BCUT2D eigenvalue weighted by atomic mass is 19.1. The Kier molecular flexibility index (Phi) is 3.14. The minimum absolute atomic E-state index is 0.266. The van der Waals surface area contributed by atoms with Crippen LogP contribution in [-0.2, 0) is 5.54 Å². The second-order valence-electron chi connectivity index (χ2n) is 5.04. The molecule has 2 aromatic rings. The van der Waals surface area contributed by atoms with E-state index >= 15 is 0 Å². The molecular formula is C16H15FN2O. The predicted octanol–water partition coefficient (Wildman–Crippen LogP) is 3.64. The highest BCUT2D eigenvalue weighted by Gasteiger charge is 2.45. The molecule has 102 valence electrons. The number of benzene rings is 2. The second-order valence-corrected chi connectivity index (χ2v) is 5.04. The monoisotopic (exact) mass is 270 g/mol. The molecule has 0 spiro atoms. The molecule has 0 radical (unpaired) electrons. The Balaban J connectivity index is 1.70. The van der Waals surface area contributed by atoms with Crippen molar-refractivity contribution in [2.24, 2.45) is 0 Å². The molecule has 0 aliphatic heterocycles. The SMILES string of the molecule is O=C(Nc1ccccc1)NC1(c2cccc(F)c2)CC1. The summed E-state index contributed by atoms with van der Waals surface area (Å²) in [4.78, 5) is 12.0. The van der Waals surface area contributed by atoms with Crippen molar-refractivity contribution in [2.45, 2.75) is 18.4 Å². The summed E-state index contributed by atoms with van der Waals surface area (Å²) in [6.07, 6.45) is 1.66. The molecule has 0 saturated heterocycles. The quantitative estimate of drug-likeness (QED) is 0.878. The number of halogens is 1. The number of hydrogen-bond donors (Lipinski definition) is 2. The molecule has 2 amide bonds. The molecule has 0 aromatic heterocycles.